The first-order chi connectivity index (χ1) is 8.09. The van der Waals surface area contributed by atoms with Crippen LogP contribution in [0.2, 0.25) is 0 Å². The smallest absolute Gasteiger partial charge is 0.217 e. The van der Waals surface area contributed by atoms with Crippen molar-refractivity contribution in [2.45, 2.75) is 45.7 Å². The van der Waals surface area contributed by atoms with Gasteiger partial charge in [0.2, 0.25) is 5.91 Å². The van der Waals surface area contributed by atoms with Gasteiger partial charge in [0.05, 0.1) is 6.20 Å². The summed E-state index contributed by atoms with van der Waals surface area (Å²) in [5, 5.41) is 7.59. The number of nitrogens with zero attached hydrogens (tertiary/aromatic N) is 2. The van der Waals surface area contributed by atoms with Gasteiger partial charge in [-0.15, -0.1) is 0 Å². The maximum absolute atomic E-state index is 10.5. The summed E-state index contributed by atoms with van der Waals surface area (Å²) >= 11 is 0. The van der Waals surface area contributed by atoms with Crippen molar-refractivity contribution in [1.82, 2.24) is 15.1 Å². The van der Waals surface area contributed by atoms with E-state index in [-0.39, 0.29) is 5.91 Å². The van der Waals surface area contributed by atoms with E-state index >= 15 is 0 Å². The van der Waals surface area contributed by atoms with Crippen LogP contribution in [0.25, 0.3) is 0 Å². The molecule has 1 heterocycles. The minimum Gasteiger partial charge on any atom is -0.370 e. The van der Waals surface area contributed by atoms with Crippen molar-refractivity contribution in [3.8, 4) is 0 Å². The number of nitrogens with two attached hydrogens (primary N) is 1. The summed E-state index contributed by atoms with van der Waals surface area (Å²) in [7, 11) is 0. The average Bonchev–Trinajstić information content (AvgIpc) is 2.71. The molecule has 5 nitrogen and oxygen atoms in total. The number of amides is 1. The summed E-state index contributed by atoms with van der Waals surface area (Å²) in [5.41, 5.74) is 6.25. The number of rotatable bonds is 8. The lowest BCUT2D eigenvalue weighted by atomic mass is 10.2. The molecule has 17 heavy (non-hydrogen) atoms. The number of unbranched alkanes of at least 4 members (excludes halogenated alkanes) is 1. The second-order valence-electron chi connectivity index (χ2n) is 4.52. The van der Waals surface area contributed by atoms with Gasteiger partial charge < -0.3 is 11.1 Å². The van der Waals surface area contributed by atoms with E-state index in [1.54, 1.807) is 0 Å². The number of primary amides is 1. The van der Waals surface area contributed by atoms with Gasteiger partial charge >= 0.3 is 0 Å². The third kappa shape index (κ3) is 5.49. The standard InChI is InChI=1S/C12H22N4O/c1-10(2)16-9-11(8-15-16)7-14-6-4-3-5-12(13)17/h8-10,14H,3-7H2,1-2H3,(H2,13,17). The SMILES string of the molecule is CC(C)n1cc(CNCCCCC(N)=O)cn1. The average molecular weight is 238 g/mol. The molecule has 0 saturated heterocycles. The Morgan fingerprint density at radius 1 is 1.53 bits per heavy atom. The van der Waals surface area contributed by atoms with E-state index in [4.69, 9.17) is 5.73 Å². The van der Waals surface area contributed by atoms with E-state index < -0.39 is 0 Å². The second kappa shape index (κ2) is 7.06. The third-order valence-electron chi connectivity index (χ3n) is 2.54. The van der Waals surface area contributed by atoms with Gasteiger partial charge in [0.1, 0.15) is 0 Å². The largest absolute Gasteiger partial charge is 0.370 e. The molecule has 1 rings (SSSR count). The summed E-state index contributed by atoms with van der Waals surface area (Å²) in [6.45, 7) is 5.94. The summed E-state index contributed by atoms with van der Waals surface area (Å²) in [4.78, 5) is 10.5. The van der Waals surface area contributed by atoms with Crippen LogP contribution in [-0.4, -0.2) is 22.2 Å². The molecular weight excluding hydrogens is 216 g/mol. The molecule has 0 saturated carbocycles. The van der Waals surface area contributed by atoms with Crippen LogP contribution >= 0.6 is 0 Å². The molecule has 1 aromatic rings. The zero-order valence-electron chi connectivity index (χ0n) is 10.6. The Morgan fingerprint density at radius 2 is 2.29 bits per heavy atom. The molecule has 3 N–H and O–H groups in total. The molecule has 0 unspecified atom stereocenters. The number of hydrogen-bond acceptors (Lipinski definition) is 3. The molecule has 5 heteroatoms. The quantitative estimate of drug-likeness (QED) is 0.669. The molecule has 0 aromatic carbocycles. The third-order valence-corrected chi connectivity index (χ3v) is 2.54. The Morgan fingerprint density at radius 3 is 2.88 bits per heavy atom. The van der Waals surface area contributed by atoms with Gasteiger partial charge in [-0.05, 0) is 33.2 Å². The topological polar surface area (TPSA) is 72.9 Å². The number of nitrogens with one attached hydrogen (secondary N) is 1. The fourth-order valence-corrected chi connectivity index (χ4v) is 1.53. The first kappa shape index (κ1) is 13.7. The summed E-state index contributed by atoms with van der Waals surface area (Å²) in [6, 6.07) is 0.402. The molecule has 1 amide bonds. The van der Waals surface area contributed by atoms with Crippen molar-refractivity contribution in [2.75, 3.05) is 6.54 Å². The van der Waals surface area contributed by atoms with Crippen molar-refractivity contribution in [3.63, 3.8) is 0 Å². The van der Waals surface area contributed by atoms with Crippen molar-refractivity contribution >= 4 is 5.91 Å². The molecule has 0 atom stereocenters. The fraction of sp³-hybridized carbons (Fsp3) is 0.667. The van der Waals surface area contributed by atoms with Gasteiger partial charge in [-0.25, -0.2) is 0 Å². The molecule has 96 valence electrons. The molecule has 0 fully saturated rings. The van der Waals surface area contributed by atoms with E-state index in [0.717, 1.165) is 25.9 Å². The lowest BCUT2D eigenvalue weighted by molar-refractivity contribution is -0.118. The molecule has 0 aliphatic rings. The van der Waals surface area contributed by atoms with Crippen LogP contribution in [-0.2, 0) is 11.3 Å². The van der Waals surface area contributed by atoms with Crippen LogP contribution in [0.5, 0.6) is 0 Å². The van der Waals surface area contributed by atoms with Gasteiger partial charge in [-0.3, -0.25) is 9.48 Å². The molecule has 0 radical (unpaired) electrons. The highest BCUT2D eigenvalue weighted by Crippen LogP contribution is 2.04. The highest BCUT2D eigenvalue weighted by molar-refractivity contribution is 5.73. The first-order valence-corrected chi connectivity index (χ1v) is 6.11. The van der Waals surface area contributed by atoms with E-state index in [1.807, 2.05) is 10.9 Å². The number of hydrogen-bond donors (Lipinski definition) is 2. The van der Waals surface area contributed by atoms with E-state index in [1.165, 1.54) is 5.56 Å². The van der Waals surface area contributed by atoms with Crippen LogP contribution < -0.4 is 11.1 Å². The van der Waals surface area contributed by atoms with Crippen LogP contribution in [0, 0.1) is 0 Å². The predicted octanol–water partition coefficient (Wildman–Crippen LogP) is 1.21. The maximum Gasteiger partial charge on any atom is 0.217 e. The Balaban J connectivity index is 2.11. The van der Waals surface area contributed by atoms with Crippen molar-refractivity contribution in [1.29, 1.82) is 0 Å². The highest BCUT2D eigenvalue weighted by Gasteiger charge is 2.01. The van der Waals surface area contributed by atoms with Crippen LogP contribution in [0.15, 0.2) is 12.4 Å². The van der Waals surface area contributed by atoms with Crippen molar-refractivity contribution in [3.05, 3.63) is 18.0 Å². The van der Waals surface area contributed by atoms with Gasteiger partial charge in [0, 0.05) is 30.8 Å². The summed E-state index contributed by atoms with van der Waals surface area (Å²) < 4.78 is 1.95. The monoisotopic (exact) mass is 238 g/mol. The van der Waals surface area contributed by atoms with Crippen LogP contribution in [0.1, 0.15) is 44.7 Å². The zero-order chi connectivity index (χ0) is 12.7. The summed E-state index contributed by atoms with van der Waals surface area (Å²) in [6.07, 6.45) is 6.25. The van der Waals surface area contributed by atoms with Crippen LogP contribution in [0.4, 0.5) is 0 Å². The number of carbonyl (C=O) groups is 1. The minimum atomic E-state index is -0.219. The Kier molecular flexibility index (Phi) is 5.69. The number of carbonyl (C=O) groups excluding carboxylic acids is 1. The normalized spacial score (nSPS) is 11.0. The fourth-order valence-electron chi connectivity index (χ4n) is 1.53. The second-order valence-corrected chi connectivity index (χ2v) is 4.52. The van der Waals surface area contributed by atoms with E-state index in [9.17, 15) is 4.79 Å². The Hall–Kier alpha value is -1.36. The van der Waals surface area contributed by atoms with Gasteiger partial charge in [0.15, 0.2) is 0 Å². The van der Waals surface area contributed by atoms with Crippen molar-refractivity contribution in [2.24, 2.45) is 5.73 Å². The molecular formula is C12H22N4O. The first-order valence-electron chi connectivity index (χ1n) is 6.11. The van der Waals surface area contributed by atoms with Gasteiger partial charge in [-0.1, -0.05) is 0 Å². The van der Waals surface area contributed by atoms with Gasteiger partial charge in [-0.2, -0.15) is 5.10 Å². The highest BCUT2D eigenvalue weighted by atomic mass is 16.1. The minimum absolute atomic E-state index is 0.219. The molecule has 0 aliphatic heterocycles. The molecule has 0 bridgehead atoms. The van der Waals surface area contributed by atoms with Gasteiger partial charge in [0.25, 0.3) is 0 Å². The molecule has 1 aromatic heterocycles. The lowest BCUT2D eigenvalue weighted by Crippen LogP contribution is -2.16. The van der Waals surface area contributed by atoms with Crippen LogP contribution in [0.3, 0.4) is 0 Å². The maximum atomic E-state index is 10.5. The Labute approximate surface area is 102 Å². The number of aromatic nitrogens is 2. The predicted molar refractivity (Wildman–Crippen MR) is 67.4 cm³/mol. The summed E-state index contributed by atoms with van der Waals surface area (Å²) in [5.74, 6) is -0.219. The lowest BCUT2D eigenvalue weighted by Gasteiger charge is -2.04. The van der Waals surface area contributed by atoms with E-state index in [2.05, 4.69) is 30.5 Å². The van der Waals surface area contributed by atoms with E-state index in [0.29, 0.717) is 12.5 Å². The van der Waals surface area contributed by atoms with Crippen molar-refractivity contribution < 1.29 is 4.79 Å². The molecule has 0 aliphatic carbocycles. The molecule has 0 spiro atoms. The zero-order valence-corrected chi connectivity index (χ0v) is 10.6. The Bertz CT molecular complexity index is 346.